The maximum Gasteiger partial charge on any atom is 0.127 e. The molecule has 0 saturated carbocycles. The lowest BCUT2D eigenvalue weighted by atomic mass is 10.1. The molecule has 0 N–H and O–H groups in total. The molecule has 1 fully saturated rings. The lowest BCUT2D eigenvalue weighted by Gasteiger charge is -2.27. The molecule has 0 amide bonds. The second-order valence-corrected chi connectivity index (χ2v) is 7.38. The summed E-state index contributed by atoms with van der Waals surface area (Å²) in [6, 6.07) is 17.9. The molecule has 6 nitrogen and oxygen atoms in total. The molecule has 0 bridgehead atoms. The molecule has 2 aromatic carbocycles. The molecule has 1 aromatic heterocycles. The van der Waals surface area contributed by atoms with Crippen LogP contribution in [0.1, 0.15) is 5.56 Å². The summed E-state index contributed by atoms with van der Waals surface area (Å²) >= 11 is 0. The van der Waals surface area contributed by atoms with Crippen molar-refractivity contribution in [3.05, 3.63) is 66.4 Å². The van der Waals surface area contributed by atoms with E-state index < -0.39 is 0 Å². The Morgan fingerprint density at radius 3 is 2.55 bits per heavy atom. The molecule has 0 aliphatic carbocycles. The first-order valence-corrected chi connectivity index (χ1v) is 9.91. The van der Waals surface area contributed by atoms with Gasteiger partial charge < -0.3 is 14.2 Å². The van der Waals surface area contributed by atoms with Crippen LogP contribution in [0.25, 0.3) is 11.3 Å². The van der Waals surface area contributed by atoms with E-state index in [1.54, 1.807) is 0 Å². The Kier molecular flexibility index (Phi) is 6.24. The third-order valence-corrected chi connectivity index (χ3v) is 4.85. The first-order valence-electron chi connectivity index (χ1n) is 9.91. The Morgan fingerprint density at radius 2 is 1.83 bits per heavy atom. The molecule has 3 aromatic rings. The number of ether oxygens (including phenoxy) is 3. The standard InChI is InChI=1S/C23H27N3O3/c1-25(16-22-17-27-12-13-28-22)14-19-15-26(2)24-23(19)18-8-10-21(11-9-18)29-20-6-4-3-5-7-20/h3-11,15,22H,12-14,16-17H2,1-2H3/t22-/m1/s1. The smallest absolute Gasteiger partial charge is 0.127 e. The van der Waals surface area contributed by atoms with Crippen molar-refractivity contribution < 1.29 is 14.2 Å². The predicted octanol–water partition coefficient (Wildman–Crippen LogP) is 3.73. The van der Waals surface area contributed by atoms with E-state index in [2.05, 4.69) is 35.4 Å². The van der Waals surface area contributed by atoms with Gasteiger partial charge in [0.1, 0.15) is 11.5 Å². The van der Waals surface area contributed by atoms with Crippen LogP contribution < -0.4 is 4.74 Å². The monoisotopic (exact) mass is 393 g/mol. The topological polar surface area (TPSA) is 48.8 Å². The molecule has 6 heteroatoms. The van der Waals surface area contributed by atoms with Gasteiger partial charge in [-0.05, 0) is 43.4 Å². The molecule has 0 radical (unpaired) electrons. The summed E-state index contributed by atoms with van der Waals surface area (Å²) in [7, 11) is 4.06. The van der Waals surface area contributed by atoms with Crippen LogP contribution in [0.3, 0.4) is 0 Å². The van der Waals surface area contributed by atoms with Crippen LogP contribution in [0.5, 0.6) is 11.5 Å². The first-order chi connectivity index (χ1) is 14.2. The van der Waals surface area contributed by atoms with Gasteiger partial charge in [-0.1, -0.05) is 18.2 Å². The number of para-hydroxylation sites is 1. The van der Waals surface area contributed by atoms with Crippen LogP contribution in [-0.4, -0.2) is 54.2 Å². The molecule has 1 atom stereocenters. The Hall–Kier alpha value is -2.67. The van der Waals surface area contributed by atoms with Crippen molar-refractivity contribution in [1.82, 2.24) is 14.7 Å². The summed E-state index contributed by atoms with van der Waals surface area (Å²) < 4.78 is 19.0. The normalized spacial score (nSPS) is 16.9. The summed E-state index contributed by atoms with van der Waals surface area (Å²) in [5.74, 6) is 1.64. The van der Waals surface area contributed by atoms with E-state index in [9.17, 15) is 0 Å². The fraction of sp³-hybridized carbons (Fsp3) is 0.348. The largest absolute Gasteiger partial charge is 0.457 e. The molecule has 29 heavy (non-hydrogen) atoms. The van der Waals surface area contributed by atoms with Gasteiger partial charge in [0.15, 0.2) is 0 Å². The van der Waals surface area contributed by atoms with Crippen molar-refractivity contribution in [2.45, 2.75) is 12.6 Å². The highest BCUT2D eigenvalue weighted by molar-refractivity contribution is 5.63. The third-order valence-electron chi connectivity index (χ3n) is 4.85. The maximum absolute atomic E-state index is 5.89. The summed E-state index contributed by atoms with van der Waals surface area (Å²) in [5, 5.41) is 4.69. The molecule has 1 aliphatic rings. The molecule has 0 unspecified atom stereocenters. The molecule has 1 aliphatic heterocycles. The van der Waals surface area contributed by atoms with Crippen molar-refractivity contribution in [2.75, 3.05) is 33.4 Å². The lowest BCUT2D eigenvalue weighted by molar-refractivity contribution is -0.0962. The molecular formula is C23H27N3O3. The molecule has 4 rings (SSSR count). The van der Waals surface area contributed by atoms with E-state index in [1.165, 1.54) is 5.56 Å². The van der Waals surface area contributed by atoms with Crippen LogP contribution in [0.4, 0.5) is 0 Å². The van der Waals surface area contributed by atoms with Gasteiger partial charge in [0.25, 0.3) is 0 Å². The number of aromatic nitrogens is 2. The number of aryl methyl sites for hydroxylation is 1. The number of benzene rings is 2. The minimum absolute atomic E-state index is 0.128. The van der Waals surface area contributed by atoms with Gasteiger partial charge in [0.05, 0.1) is 31.6 Å². The van der Waals surface area contributed by atoms with Crippen molar-refractivity contribution in [2.24, 2.45) is 7.05 Å². The zero-order chi connectivity index (χ0) is 20.1. The summed E-state index contributed by atoms with van der Waals surface area (Å²) in [6.45, 7) is 3.65. The van der Waals surface area contributed by atoms with Gasteiger partial charge in [0.2, 0.25) is 0 Å². The second kappa shape index (κ2) is 9.22. The third kappa shape index (κ3) is 5.23. The van der Waals surface area contributed by atoms with Crippen molar-refractivity contribution in [3.63, 3.8) is 0 Å². The average Bonchev–Trinajstić information content (AvgIpc) is 3.10. The quantitative estimate of drug-likeness (QED) is 0.612. The number of rotatable bonds is 7. The summed E-state index contributed by atoms with van der Waals surface area (Å²) in [5.41, 5.74) is 3.25. The predicted molar refractivity (Wildman–Crippen MR) is 112 cm³/mol. The van der Waals surface area contributed by atoms with Gasteiger partial charge in [-0.2, -0.15) is 5.10 Å². The molecule has 152 valence electrons. The molecule has 0 spiro atoms. The van der Waals surface area contributed by atoms with Crippen LogP contribution in [0, 0.1) is 0 Å². The average molecular weight is 393 g/mol. The Morgan fingerprint density at radius 1 is 1.07 bits per heavy atom. The van der Waals surface area contributed by atoms with E-state index in [1.807, 2.05) is 54.2 Å². The zero-order valence-electron chi connectivity index (χ0n) is 17.0. The fourth-order valence-corrected chi connectivity index (χ4v) is 3.55. The Bertz CT molecular complexity index is 903. The Labute approximate surface area is 171 Å². The van der Waals surface area contributed by atoms with Gasteiger partial charge in [-0.3, -0.25) is 9.58 Å². The summed E-state index contributed by atoms with van der Waals surface area (Å²) in [4.78, 5) is 2.26. The van der Waals surface area contributed by atoms with Gasteiger partial charge in [0, 0.05) is 37.5 Å². The maximum atomic E-state index is 5.89. The number of hydrogen-bond donors (Lipinski definition) is 0. The number of nitrogens with zero attached hydrogens (tertiary/aromatic N) is 3. The van der Waals surface area contributed by atoms with E-state index in [0.29, 0.717) is 19.8 Å². The first kappa shape index (κ1) is 19.6. The van der Waals surface area contributed by atoms with Crippen LogP contribution in [-0.2, 0) is 23.1 Å². The summed E-state index contributed by atoms with van der Waals surface area (Å²) in [6.07, 6.45) is 2.21. The highest BCUT2D eigenvalue weighted by Crippen LogP contribution is 2.27. The Balaban J connectivity index is 1.44. The van der Waals surface area contributed by atoms with E-state index in [4.69, 9.17) is 14.2 Å². The van der Waals surface area contributed by atoms with E-state index >= 15 is 0 Å². The molecule has 1 saturated heterocycles. The number of hydrogen-bond acceptors (Lipinski definition) is 5. The van der Waals surface area contributed by atoms with E-state index in [-0.39, 0.29) is 6.10 Å². The molecular weight excluding hydrogens is 366 g/mol. The van der Waals surface area contributed by atoms with Crippen LogP contribution in [0.2, 0.25) is 0 Å². The zero-order valence-corrected chi connectivity index (χ0v) is 17.0. The van der Waals surface area contributed by atoms with Crippen molar-refractivity contribution in [1.29, 1.82) is 0 Å². The van der Waals surface area contributed by atoms with E-state index in [0.717, 1.165) is 35.8 Å². The minimum atomic E-state index is 0.128. The molecule has 2 heterocycles. The van der Waals surface area contributed by atoms with Crippen LogP contribution in [0.15, 0.2) is 60.8 Å². The number of likely N-dealkylation sites (N-methyl/N-ethyl adjacent to an activating group) is 1. The highest BCUT2D eigenvalue weighted by atomic mass is 16.6. The van der Waals surface area contributed by atoms with Crippen molar-refractivity contribution in [3.8, 4) is 22.8 Å². The SMILES string of the molecule is CN(Cc1cn(C)nc1-c1ccc(Oc2ccccc2)cc1)C[C@@H]1COCCO1. The van der Waals surface area contributed by atoms with Crippen LogP contribution >= 0.6 is 0 Å². The van der Waals surface area contributed by atoms with Gasteiger partial charge in [-0.25, -0.2) is 0 Å². The van der Waals surface area contributed by atoms with Crippen molar-refractivity contribution >= 4 is 0 Å². The minimum Gasteiger partial charge on any atom is -0.457 e. The fourth-order valence-electron chi connectivity index (χ4n) is 3.55. The highest BCUT2D eigenvalue weighted by Gasteiger charge is 2.18. The lowest BCUT2D eigenvalue weighted by Crippen LogP contribution is -2.38. The second-order valence-electron chi connectivity index (χ2n) is 7.38. The van der Waals surface area contributed by atoms with Gasteiger partial charge in [-0.15, -0.1) is 0 Å². The van der Waals surface area contributed by atoms with Gasteiger partial charge >= 0.3 is 0 Å².